The Kier molecular flexibility index (Phi) is 6.25. The average molecular weight is 469 g/mol. The Bertz CT molecular complexity index is 1150. The first-order chi connectivity index (χ1) is 14.8. The van der Waals surface area contributed by atoms with Gasteiger partial charge in [-0.25, -0.2) is 4.98 Å². The summed E-state index contributed by atoms with van der Waals surface area (Å²) in [5, 5.41) is 37.6. The van der Waals surface area contributed by atoms with Crippen molar-refractivity contribution in [3.05, 3.63) is 57.9 Å². The number of aromatic nitrogens is 3. The van der Waals surface area contributed by atoms with Crippen molar-refractivity contribution in [1.29, 1.82) is 0 Å². The van der Waals surface area contributed by atoms with Crippen LogP contribution in [0, 0.1) is 5.92 Å². The lowest BCUT2D eigenvalue weighted by Crippen LogP contribution is -2.37. The number of halogens is 2. The van der Waals surface area contributed by atoms with Gasteiger partial charge in [0.25, 0.3) is 0 Å². The molecule has 6 atom stereocenters. The summed E-state index contributed by atoms with van der Waals surface area (Å²) in [6, 6.07) is 6.50. The number of nitrogens with one attached hydrogen (secondary N) is 1. The Balaban J connectivity index is 1.73. The smallest absolute Gasteiger partial charge is 0.203 e. The van der Waals surface area contributed by atoms with E-state index in [2.05, 4.69) is 15.1 Å². The summed E-state index contributed by atoms with van der Waals surface area (Å²) < 4.78 is 7.78. The fourth-order valence-electron chi connectivity index (χ4n) is 4.05. The molecule has 0 saturated carbocycles. The van der Waals surface area contributed by atoms with Crippen molar-refractivity contribution in [2.24, 2.45) is 11.1 Å². The van der Waals surface area contributed by atoms with Gasteiger partial charge in [0.2, 0.25) is 5.49 Å². The van der Waals surface area contributed by atoms with Crippen molar-refractivity contribution in [3.63, 3.8) is 0 Å². The van der Waals surface area contributed by atoms with E-state index in [0.29, 0.717) is 27.1 Å². The summed E-state index contributed by atoms with van der Waals surface area (Å²) in [7, 11) is 1.42. The number of fused-ring (bicyclic) bond motifs is 1. The second-order valence-corrected chi connectivity index (χ2v) is 8.22. The van der Waals surface area contributed by atoms with Crippen LogP contribution in [-0.2, 0) is 9.57 Å². The van der Waals surface area contributed by atoms with E-state index >= 15 is 0 Å². The van der Waals surface area contributed by atoms with E-state index in [1.807, 2.05) is 0 Å². The maximum Gasteiger partial charge on any atom is 0.203 e. The molecule has 2 aromatic heterocycles. The summed E-state index contributed by atoms with van der Waals surface area (Å²) in [5.74, 6) is -0.767. The van der Waals surface area contributed by atoms with Gasteiger partial charge < -0.3 is 34.4 Å². The predicted molar refractivity (Wildman–Crippen MR) is 113 cm³/mol. The Morgan fingerprint density at radius 3 is 2.71 bits per heavy atom. The van der Waals surface area contributed by atoms with E-state index in [0.717, 1.165) is 0 Å². The van der Waals surface area contributed by atoms with E-state index < -0.39 is 36.6 Å². The molecule has 1 aliphatic rings. The van der Waals surface area contributed by atoms with E-state index in [1.165, 1.54) is 13.4 Å². The second kappa shape index (κ2) is 8.78. The molecule has 0 bridgehead atoms. The predicted octanol–water partition coefficient (Wildman–Crippen LogP) is 2.12. The van der Waals surface area contributed by atoms with Crippen LogP contribution in [0.5, 0.6) is 0 Å². The average Bonchev–Trinajstić information content (AvgIpc) is 3.31. The topological polar surface area (TPSA) is 125 Å². The van der Waals surface area contributed by atoms with Gasteiger partial charge in [-0.15, -0.1) is 0 Å². The van der Waals surface area contributed by atoms with E-state index in [4.69, 9.17) is 32.8 Å². The summed E-state index contributed by atoms with van der Waals surface area (Å²) in [6.45, 7) is 1.55. The third-order valence-electron chi connectivity index (χ3n) is 5.51. The Morgan fingerprint density at radius 2 is 2.03 bits per heavy atom. The molecule has 1 unspecified atom stereocenters. The molecule has 9 nitrogen and oxygen atoms in total. The molecule has 166 valence electrons. The van der Waals surface area contributed by atoms with Crippen LogP contribution in [0.25, 0.3) is 11.0 Å². The molecular weight excluding hydrogens is 447 g/mol. The number of aromatic amines is 1. The molecule has 4 rings (SSSR count). The number of ether oxygens (including phenoxy) is 1. The molecule has 0 aliphatic carbocycles. The maximum absolute atomic E-state index is 11.0. The van der Waals surface area contributed by atoms with Crippen LogP contribution in [0.4, 0.5) is 0 Å². The van der Waals surface area contributed by atoms with Crippen molar-refractivity contribution in [2.45, 2.75) is 37.6 Å². The zero-order chi connectivity index (χ0) is 22.3. The van der Waals surface area contributed by atoms with Gasteiger partial charge in [0, 0.05) is 12.1 Å². The molecule has 0 spiro atoms. The Labute approximate surface area is 187 Å². The molecular formula is C20H22Cl2N4O5. The van der Waals surface area contributed by atoms with E-state index in [9.17, 15) is 15.3 Å². The molecule has 0 radical (unpaired) electrons. The fourth-order valence-corrected chi connectivity index (χ4v) is 4.36. The van der Waals surface area contributed by atoms with E-state index in [1.54, 1.807) is 42.0 Å². The molecule has 1 fully saturated rings. The van der Waals surface area contributed by atoms with Crippen molar-refractivity contribution in [3.8, 4) is 0 Å². The van der Waals surface area contributed by atoms with Crippen molar-refractivity contribution in [1.82, 2.24) is 14.5 Å². The van der Waals surface area contributed by atoms with Crippen LogP contribution >= 0.6 is 23.2 Å². The minimum atomic E-state index is -1.15. The highest BCUT2D eigenvalue weighted by atomic mass is 35.5. The van der Waals surface area contributed by atoms with Crippen LogP contribution in [0.15, 0.2) is 41.9 Å². The fraction of sp³-hybridized carbons (Fsp3) is 0.400. The first-order valence-corrected chi connectivity index (χ1v) is 10.3. The SMILES string of the molecule is CO/N=c1\nc[nH]c2c1ccn2[C@@H]1O[C@H]([C@H](O)c2ccc(Cl)c(Cl)c2)[C@@H](C(C)O)[C@H]1O. The van der Waals surface area contributed by atoms with Crippen molar-refractivity contribution >= 4 is 34.2 Å². The van der Waals surface area contributed by atoms with E-state index in [-0.39, 0.29) is 5.02 Å². The first-order valence-electron chi connectivity index (χ1n) is 9.59. The third kappa shape index (κ3) is 3.93. The number of rotatable bonds is 5. The molecule has 31 heavy (non-hydrogen) atoms. The number of hydrogen-bond donors (Lipinski definition) is 4. The van der Waals surface area contributed by atoms with Gasteiger partial charge in [-0.2, -0.15) is 0 Å². The van der Waals surface area contributed by atoms with Crippen LogP contribution < -0.4 is 5.49 Å². The Hall–Kier alpha value is -2.14. The molecule has 1 saturated heterocycles. The van der Waals surface area contributed by atoms with Crippen LogP contribution in [0.3, 0.4) is 0 Å². The number of aliphatic hydroxyl groups excluding tert-OH is 3. The standard InChI is InChI=1S/C20H22Cl2N4O5/c1-9(27)14-16(29)20(26-6-5-11-18(25-30-2)23-8-24-19(11)26)31-17(14)15(28)10-3-4-12(21)13(22)7-10/h3-9,14-17,20,27-29H,1-2H3,(H,23,24,25)/t9?,14-,15+,16+,17-,20+/m0/s1. The number of benzene rings is 1. The van der Waals surface area contributed by atoms with Gasteiger partial charge in [-0.3, -0.25) is 0 Å². The molecule has 3 aromatic rings. The lowest BCUT2D eigenvalue weighted by Gasteiger charge is -2.26. The van der Waals surface area contributed by atoms with Crippen LogP contribution in [-0.4, -0.2) is 55.3 Å². The summed E-state index contributed by atoms with van der Waals surface area (Å²) in [5.41, 5.74) is 1.41. The normalized spacial score (nSPS) is 26.4. The van der Waals surface area contributed by atoms with Crippen LogP contribution in [0.2, 0.25) is 10.0 Å². The number of nitrogens with zero attached hydrogens (tertiary/aromatic N) is 3. The minimum absolute atomic E-state index is 0.287. The van der Waals surface area contributed by atoms with Gasteiger partial charge in [0.15, 0.2) is 6.23 Å². The number of H-pyrrole nitrogens is 1. The zero-order valence-electron chi connectivity index (χ0n) is 16.7. The van der Waals surface area contributed by atoms with Gasteiger partial charge in [-0.05, 0) is 30.7 Å². The van der Waals surface area contributed by atoms with Crippen molar-refractivity contribution in [2.75, 3.05) is 7.11 Å². The molecule has 0 amide bonds. The Morgan fingerprint density at radius 1 is 1.26 bits per heavy atom. The summed E-state index contributed by atoms with van der Waals surface area (Å²) >= 11 is 12.1. The number of hydrogen-bond acceptors (Lipinski definition) is 7. The third-order valence-corrected chi connectivity index (χ3v) is 6.25. The highest BCUT2D eigenvalue weighted by molar-refractivity contribution is 6.42. The highest BCUT2D eigenvalue weighted by Gasteiger charge is 2.50. The van der Waals surface area contributed by atoms with Crippen LogP contribution in [0.1, 0.15) is 24.8 Å². The maximum atomic E-state index is 11.0. The molecule has 1 aromatic carbocycles. The second-order valence-electron chi connectivity index (χ2n) is 7.40. The van der Waals surface area contributed by atoms with Gasteiger partial charge in [0.1, 0.15) is 25.0 Å². The monoisotopic (exact) mass is 468 g/mol. The van der Waals surface area contributed by atoms with Gasteiger partial charge >= 0.3 is 0 Å². The molecule has 1 aliphatic heterocycles. The molecule has 4 N–H and O–H groups in total. The highest BCUT2D eigenvalue weighted by Crippen LogP contribution is 2.43. The van der Waals surface area contributed by atoms with Crippen molar-refractivity contribution < 1.29 is 24.9 Å². The lowest BCUT2D eigenvalue weighted by atomic mass is 9.87. The quantitative estimate of drug-likeness (QED) is 0.425. The summed E-state index contributed by atoms with van der Waals surface area (Å²) in [4.78, 5) is 12.0. The first kappa shape index (κ1) is 22.1. The summed E-state index contributed by atoms with van der Waals surface area (Å²) in [6.07, 6.45) is -1.84. The van der Waals surface area contributed by atoms with Gasteiger partial charge in [-0.1, -0.05) is 34.4 Å². The zero-order valence-corrected chi connectivity index (χ0v) is 18.2. The minimum Gasteiger partial charge on any atom is -0.397 e. The molecule has 11 heteroatoms. The number of aliphatic hydroxyl groups is 3. The lowest BCUT2D eigenvalue weighted by molar-refractivity contribution is -0.0833. The molecule has 3 heterocycles. The largest absolute Gasteiger partial charge is 0.397 e. The van der Waals surface area contributed by atoms with Gasteiger partial charge in [0.05, 0.1) is 34.0 Å².